The number of nitrogens with zero attached hydrogens (tertiary/aromatic N) is 2. The smallest absolute Gasteiger partial charge is 0.270 e. The maximum atomic E-state index is 12.5. The van der Waals surface area contributed by atoms with E-state index in [0.717, 1.165) is 28.1 Å². The van der Waals surface area contributed by atoms with E-state index in [0.29, 0.717) is 12.2 Å². The van der Waals surface area contributed by atoms with E-state index in [4.69, 9.17) is 0 Å². The summed E-state index contributed by atoms with van der Waals surface area (Å²) in [5.41, 5.74) is 3.63. The van der Waals surface area contributed by atoms with Crippen molar-refractivity contribution >= 4 is 39.0 Å². The summed E-state index contributed by atoms with van der Waals surface area (Å²) in [6, 6.07) is 20.5. The molecule has 0 aliphatic carbocycles. The lowest BCUT2D eigenvalue weighted by Gasteiger charge is -2.06. The summed E-state index contributed by atoms with van der Waals surface area (Å²) in [6.07, 6.45) is 2.05. The summed E-state index contributed by atoms with van der Waals surface area (Å²) >= 11 is 1.47. The largest absolute Gasteiger partial charge is 0.353 e. The van der Waals surface area contributed by atoms with Gasteiger partial charge >= 0.3 is 0 Å². The Labute approximate surface area is 165 Å². The summed E-state index contributed by atoms with van der Waals surface area (Å²) in [6.45, 7) is 1.27. The Morgan fingerprint density at radius 3 is 2.79 bits per heavy atom. The number of thiazole rings is 1. The van der Waals surface area contributed by atoms with E-state index >= 15 is 0 Å². The second-order valence-electron chi connectivity index (χ2n) is 6.63. The average molecular weight is 386 g/mol. The molecular weight excluding hydrogens is 368 g/mol. The second-order valence-corrected chi connectivity index (χ2v) is 7.49. The van der Waals surface area contributed by atoms with Gasteiger partial charge in [0.15, 0.2) is 0 Å². The number of rotatable bonds is 5. The Balaban J connectivity index is 1.26. The zero-order valence-electron chi connectivity index (χ0n) is 15.1. The van der Waals surface area contributed by atoms with Crippen LogP contribution < -0.4 is 5.32 Å². The fourth-order valence-corrected chi connectivity index (χ4v) is 4.18. The number of fused-ring (bicyclic) bond motifs is 2. The van der Waals surface area contributed by atoms with Crippen LogP contribution in [0.15, 0.2) is 72.2 Å². The van der Waals surface area contributed by atoms with Crippen LogP contribution in [0.1, 0.15) is 10.5 Å². The number of hydrogen-bond acceptors (Lipinski definition) is 3. The van der Waals surface area contributed by atoms with E-state index in [1.54, 1.807) is 5.38 Å². The molecule has 2 N–H and O–H groups in total. The Hall–Kier alpha value is -3.38. The highest BCUT2D eigenvalue weighted by Gasteiger charge is 2.13. The highest BCUT2D eigenvalue weighted by atomic mass is 32.1. The van der Waals surface area contributed by atoms with Crippen molar-refractivity contribution in [2.24, 2.45) is 0 Å². The molecule has 5 rings (SSSR count). The molecule has 0 saturated carbocycles. The number of carbonyl (C=O) groups is 1. The molecule has 5 aromatic rings. The van der Waals surface area contributed by atoms with Crippen LogP contribution in [0.3, 0.4) is 0 Å². The highest BCUT2D eigenvalue weighted by molar-refractivity contribution is 7.13. The number of amides is 1. The predicted molar refractivity (Wildman–Crippen MR) is 114 cm³/mol. The van der Waals surface area contributed by atoms with E-state index < -0.39 is 0 Å². The third-order valence-corrected chi connectivity index (χ3v) is 5.69. The summed E-state index contributed by atoms with van der Waals surface area (Å²) in [7, 11) is 0. The molecule has 3 aromatic heterocycles. The molecule has 0 atom stereocenters. The molecule has 2 aromatic carbocycles. The molecule has 0 radical (unpaired) electrons. The normalized spacial score (nSPS) is 11.3. The van der Waals surface area contributed by atoms with Crippen molar-refractivity contribution in [3.05, 3.63) is 77.9 Å². The number of H-pyrrole nitrogens is 1. The number of benzene rings is 2. The van der Waals surface area contributed by atoms with Crippen molar-refractivity contribution in [3.8, 4) is 10.7 Å². The van der Waals surface area contributed by atoms with Crippen molar-refractivity contribution in [2.45, 2.75) is 6.54 Å². The van der Waals surface area contributed by atoms with Gasteiger partial charge in [-0.2, -0.15) is 0 Å². The standard InChI is InChI=1S/C22H18N4OS/c27-21(23-10-12-26-11-9-15-5-2-4-8-20(15)26)19-14-28-22(25-19)18-13-16-6-1-3-7-17(16)24-18/h1-9,11,13-14,24H,10,12H2,(H,23,27). The van der Waals surface area contributed by atoms with Crippen molar-refractivity contribution in [3.63, 3.8) is 0 Å². The van der Waals surface area contributed by atoms with Gasteiger partial charge in [0.05, 0.1) is 5.69 Å². The minimum Gasteiger partial charge on any atom is -0.353 e. The SMILES string of the molecule is O=C(NCCn1ccc2ccccc21)c1csc(-c2cc3ccccc3[nH]2)n1. The topological polar surface area (TPSA) is 62.7 Å². The van der Waals surface area contributed by atoms with Gasteiger partial charge in [0.2, 0.25) is 0 Å². The minimum absolute atomic E-state index is 0.143. The molecule has 1 amide bonds. The average Bonchev–Trinajstić information content (AvgIpc) is 3.45. The Bertz CT molecular complexity index is 1250. The van der Waals surface area contributed by atoms with E-state index in [-0.39, 0.29) is 5.91 Å². The van der Waals surface area contributed by atoms with Crippen LogP contribution >= 0.6 is 11.3 Å². The first-order valence-electron chi connectivity index (χ1n) is 9.14. The van der Waals surface area contributed by atoms with E-state index in [1.165, 1.54) is 22.2 Å². The van der Waals surface area contributed by atoms with Gasteiger partial charge in [-0.3, -0.25) is 4.79 Å². The number of nitrogens with one attached hydrogen (secondary N) is 2. The Morgan fingerprint density at radius 2 is 1.89 bits per heavy atom. The number of aromatic nitrogens is 3. The molecule has 0 unspecified atom stereocenters. The lowest BCUT2D eigenvalue weighted by molar-refractivity contribution is 0.0948. The van der Waals surface area contributed by atoms with Crippen molar-refractivity contribution in [1.82, 2.24) is 19.9 Å². The van der Waals surface area contributed by atoms with Crippen molar-refractivity contribution in [2.75, 3.05) is 6.54 Å². The summed E-state index contributed by atoms with van der Waals surface area (Å²) in [5.74, 6) is -0.143. The molecule has 0 bridgehead atoms. The lowest BCUT2D eigenvalue weighted by atomic mass is 10.2. The van der Waals surface area contributed by atoms with Crippen LogP contribution in [-0.4, -0.2) is 27.0 Å². The van der Waals surface area contributed by atoms with Crippen LogP contribution in [0.4, 0.5) is 0 Å². The molecule has 138 valence electrons. The molecular formula is C22H18N4OS. The van der Waals surface area contributed by atoms with Crippen LogP contribution in [-0.2, 0) is 6.54 Å². The molecule has 28 heavy (non-hydrogen) atoms. The highest BCUT2D eigenvalue weighted by Crippen LogP contribution is 2.26. The molecule has 0 aliphatic heterocycles. The van der Waals surface area contributed by atoms with E-state index in [2.05, 4.69) is 50.2 Å². The fraction of sp³-hybridized carbons (Fsp3) is 0.0909. The second kappa shape index (κ2) is 6.98. The van der Waals surface area contributed by atoms with Gasteiger partial charge in [-0.25, -0.2) is 4.98 Å². The van der Waals surface area contributed by atoms with Crippen LogP contribution in [0.2, 0.25) is 0 Å². The van der Waals surface area contributed by atoms with Crippen molar-refractivity contribution < 1.29 is 4.79 Å². The molecule has 0 saturated heterocycles. The van der Waals surface area contributed by atoms with Crippen LogP contribution in [0.25, 0.3) is 32.5 Å². The molecule has 3 heterocycles. The van der Waals surface area contributed by atoms with Crippen LogP contribution in [0.5, 0.6) is 0 Å². The van der Waals surface area contributed by atoms with Gasteiger partial charge in [-0.15, -0.1) is 11.3 Å². The number of aromatic amines is 1. The molecule has 0 aliphatic rings. The summed E-state index contributed by atoms with van der Waals surface area (Å²) in [5, 5.41) is 7.93. The fourth-order valence-electron chi connectivity index (χ4n) is 3.41. The van der Waals surface area contributed by atoms with E-state index in [1.807, 2.05) is 36.5 Å². The summed E-state index contributed by atoms with van der Waals surface area (Å²) < 4.78 is 2.15. The summed E-state index contributed by atoms with van der Waals surface area (Å²) in [4.78, 5) is 20.3. The number of para-hydroxylation sites is 2. The van der Waals surface area contributed by atoms with Gasteiger partial charge in [-0.1, -0.05) is 36.4 Å². The third-order valence-electron chi connectivity index (χ3n) is 4.82. The maximum absolute atomic E-state index is 12.5. The minimum atomic E-state index is -0.143. The Morgan fingerprint density at radius 1 is 1.07 bits per heavy atom. The Kier molecular flexibility index (Phi) is 4.18. The van der Waals surface area contributed by atoms with Gasteiger partial charge in [0, 0.05) is 41.1 Å². The first-order valence-corrected chi connectivity index (χ1v) is 10.0. The first-order chi connectivity index (χ1) is 13.8. The molecule has 6 heteroatoms. The zero-order valence-corrected chi connectivity index (χ0v) is 15.9. The molecule has 0 fully saturated rings. The van der Waals surface area contributed by atoms with E-state index in [9.17, 15) is 4.79 Å². The number of hydrogen-bond donors (Lipinski definition) is 2. The maximum Gasteiger partial charge on any atom is 0.270 e. The van der Waals surface area contributed by atoms with Gasteiger partial charge < -0.3 is 14.9 Å². The predicted octanol–water partition coefficient (Wildman–Crippen LogP) is 4.68. The number of carbonyl (C=O) groups excluding carboxylic acids is 1. The quantitative estimate of drug-likeness (QED) is 0.461. The lowest BCUT2D eigenvalue weighted by Crippen LogP contribution is -2.27. The van der Waals surface area contributed by atoms with Gasteiger partial charge in [0.25, 0.3) is 5.91 Å². The van der Waals surface area contributed by atoms with Crippen LogP contribution in [0, 0.1) is 0 Å². The first kappa shape index (κ1) is 16.8. The zero-order chi connectivity index (χ0) is 18.9. The van der Waals surface area contributed by atoms with Gasteiger partial charge in [-0.05, 0) is 29.7 Å². The monoisotopic (exact) mass is 386 g/mol. The van der Waals surface area contributed by atoms with Gasteiger partial charge in [0.1, 0.15) is 10.7 Å². The third kappa shape index (κ3) is 3.08. The molecule has 0 spiro atoms. The molecule has 5 nitrogen and oxygen atoms in total. The van der Waals surface area contributed by atoms with Crippen molar-refractivity contribution in [1.29, 1.82) is 0 Å².